The molecule has 1 aliphatic rings. The maximum Gasteiger partial charge on any atom is 0.323 e. The Labute approximate surface area is 109 Å². The van der Waals surface area contributed by atoms with Crippen LogP contribution in [0.5, 0.6) is 0 Å². The van der Waals surface area contributed by atoms with Gasteiger partial charge in [-0.15, -0.1) is 0 Å². The number of para-hydroxylation sites is 2. The van der Waals surface area contributed by atoms with Gasteiger partial charge in [-0.1, -0.05) is 12.1 Å². The van der Waals surface area contributed by atoms with Crippen LogP contribution in [-0.4, -0.2) is 26.4 Å². The summed E-state index contributed by atoms with van der Waals surface area (Å²) in [7, 11) is 0. The molecule has 1 aromatic heterocycles. The number of nitrogens with zero attached hydrogens (tertiary/aromatic N) is 2. The van der Waals surface area contributed by atoms with Crippen LogP contribution in [0.3, 0.4) is 0 Å². The number of fused-ring (bicyclic) bond motifs is 1. The maximum absolute atomic E-state index is 11.0. The highest BCUT2D eigenvalue weighted by Gasteiger charge is 2.24. The average molecular weight is 262 g/mol. The van der Waals surface area contributed by atoms with Gasteiger partial charge in [-0.2, -0.15) is 11.8 Å². The standard InChI is InChI=1S/C13H14N2O2S/c16-12(17)8-15-10-5-2-1-4-9(10)14-13(15)11-6-3-7-18-11/h1-2,4-5,11H,3,6-8H2,(H,16,17). The van der Waals surface area contributed by atoms with Crippen molar-refractivity contribution in [2.24, 2.45) is 0 Å². The van der Waals surface area contributed by atoms with Crippen molar-refractivity contribution in [2.75, 3.05) is 5.75 Å². The van der Waals surface area contributed by atoms with Gasteiger partial charge in [0.15, 0.2) is 0 Å². The van der Waals surface area contributed by atoms with Crippen molar-refractivity contribution in [3.05, 3.63) is 30.1 Å². The van der Waals surface area contributed by atoms with Crippen molar-refractivity contribution in [3.63, 3.8) is 0 Å². The van der Waals surface area contributed by atoms with E-state index >= 15 is 0 Å². The minimum atomic E-state index is -0.817. The van der Waals surface area contributed by atoms with E-state index in [0.29, 0.717) is 5.25 Å². The zero-order valence-electron chi connectivity index (χ0n) is 9.87. The SMILES string of the molecule is O=C(O)Cn1c(C2CCCS2)nc2ccccc21. The Hall–Kier alpha value is -1.49. The molecule has 1 aliphatic heterocycles. The predicted octanol–water partition coefficient (Wildman–Crippen LogP) is 2.69. The Morgan fingerprint density at radius 2 is 2.33 bits per heavy atom. The molecule has 3 rings (SSSR count). The van der Waals surface area contributed by atoms with Crippen molar-refractivity contribution in [1.82, 2.24) is 9.55 Å². The van der Waals surface area contributed by atoms with Crippen LogP contribution in [0.15, 0.2) is 24.3 Å². The summed E-state index contributed by atoms with van der Waals surface area (Å²) in [6, 6.07) is 7.74. The van der Waals surface area contributed by atoms with Crippen LogP contribution in [0.25, 0.3) is 11.0 Å². The molecule has 94 valence electrons. The molecule has 1 fully saturated rings. The summed E-state index contributed by atoms with van der Waals surface area (Å²) in [4.78, 5) is 15.6. The lowest BCUT2D eigenvalue weighted by molar-refractivity contribution is -0.137. The van der Waals surface area contributed by atoms with Crippen LogP contribution in [0.1, 0.15) is 23.9 Å². The number of carboxylic acid groups (broad SMARTS) is 1. The molecule has 0 saturated carbocycles. The zero-order valence-corrected chi connectivity index (χ0v) is 10.7. The van der Waals surface area contributed by atoms with Crippen molar-refractivity contribution < 1.29 is 9.90 Å². The van der Waals surface area contributed by atoms with E-state index in [9.17, 15) is 4.79 Å². The van der Waals surface area contributed by atoms with Gasteiger partial charge in [0.05, 0.1) is 16.3 Å². The molecule has 0 radical (unpaired) electrons. The van der Waals surface area contributed by atoms with E-state index in [-0.39, 0.29) is 6.54 Å². The van der Waals surface area contributed by atoms with E-state index in [4.69, 9.17) is 5.11 Å². The quantitative estimate of drug-likeness (QED) is 0.924. The van der Waals surface area contributed by atoms with Crippen LogP contribution >= 0.6 is 11.8 Å². The van der Waals surface area contributed by atoms with Gasteiger partial charge < -0.3 is 9.67 Å². The summed E-state index contributed by atoms with van der Waals surface area (Å²) < 4.78 is 1.85. The summed E-state index contributed by atoms with van der Waals surface area (Å²) in [6.45, 7) is -0.00704. The molecular formula is C13H14N2O2S. The van der Waals surface area contributed by atoms with Gasteiger partial charge in [0.25, 0.3) is 0 Å². The largest absolute Gasteiger partial charge is 0.480 e. The highest BCUT2D eigenvalue weighted by Crippen LogP contribution is 2.40. The second-order valence-electron chi connectivity index (χ2n) is 4.44. The summed E-state index contributed by atoms with van der Waals surface area (Å²) in [6.07, 6.45) is 2.28. The number of hydrogen-bond donors (Lipinski definition) is 1. The fraction of sp³-hybridized carbons (Fsp3) is 0.385. The number of thioether (sulfide) groups is 1. The monoisotopic (exact) mass is 262 g/mol. The van der Waals surface area contributed by atoms with E-state index in [0.717, 1.165) is 29.0 Å². The molecule has 5 heteroatoms. The molecule has 18 heavy (non-hydrogen) atoms. The molecule has 2 aromatic rings. The fourth-order valence-corrected chi connectivity index (χ4v) is 3.70. The molecule has 1 aromatic carbocycles. The predicted molar refractivity (Wildman–Crippen MR) is 71.8 cm³/mol. The van der Waals surface area contributed by atoms with Gasteiger partial charge in [-0.05, 0) is 30.7 Å². The van der Waals surface area contributed by atoms with Crippen molar-refractivity contribution in [1.29, 1.82) is 0 Å². The smallest absolute Gasteiger partial charge is 0.323 e. The summed E-state index contributed by atoms with van der Waals surface area (Å²) in [5, 5.41) is 9.40. The van der Waals surface area contributed by atoms with Gasteiger partial charge in [0, 0.05) is 0 Å². The molecule has 4 nitrogen and oxygen atoms in total. The number of imidazole rings is 1. The third-order valence-corrected chi connectivity index (χ3v) is 4.57. The lowest BCUT2D eigenvalue weighted by atomic mass is 10.2. The van der Waals surface area contributed by atoms with E-state index < -0.39 is 5.97 Å². The zero-order chi connectivity index (χ0) is 12.5. The molecule has 1 unspecified atom stereocenters. The Bertz CT molecular complexity index is 588. The second-order valence-corrected chi connectivity index (χ2v) is 5.75. The van der Waals surface area contributed by atoms with Crippen molar-refractivity contribution in [3.8, 4) is 0 Å². The molecular weight excluding hydrogens is 248 g/mol. The van der Waals surface area contributed by atoms with E-state index in [1.54, 1.807) is 0 Å². The number of benzene rings is 1. The van der Waals surface area contributed by atoms with Gasteiger partial charge in [0.2, 0.25) is 0 Å². The number of rotatable bonds is 3. The first-order valence-corrected chi connectivity index (χ1v) is 7.09. The van der Waals surface area contributed by atoms with E-state index in [1.807, 2.05) is 40.6 Å². The number of carbonyl (C=O) groups is 1. The third kappa shape index (κ3) is 1.99. The normalized spacial score (nSPS) is 19.4. The molecule has 0 amide bonds. The van der Waals surface area contributed by atoms with E-state index in [1.165, 1.54) is 6.42 Å². The van der Waals surface area contributed by atoms with Gasteiger partial charge in [-0.3, -0.25) is 4.79 Å². The van der Waals surface area contributed by atoms with Crippen LogP contribution in [0, 0.1) is 0 Å². The first-order valence-electron chi connectivity index (χ1n) is 6.04. The molecule has 2 heterocycles. The third-order valence-electron chi connectivity index (χ3n) is 3.20. The summed E-state index contributed by atoms with van der Waals surface area (Å²) >= 11 is 1.88. The van der Waals surface area contributed by atoms with Crippen LogP contribution in [0.2, 0.25) is 0 Å². The summed E-state index contributed by atoms with van der Waals surface area (Å²) in [5.41, 5.74) is 1.81. The Morgan fingerprint density at radius 1 is 1.50 bits per heavy atom. The average Bonchev–Trinajstić information content (AvgIpc) is 2.96. The minimum absolute atomic E-state index is 0.00704. The molecule has 1 N–H and O–H groups in total. The van der Waals surface area contributed by atoms with Crippen LogP contribution < -0.4 is 0 Å². The lowest BCUT2D eigenvalue weighted by Gasteiger charge is -2.10. The number of hydrogen-bond acceptors (Lipinski definition) is 3. The van der Waals surface area contributed by atoms with Gasteiger partial charge in [0.1, 0.15) is 12.4 Å². The van der Waals surface area contributed by atoms with Crippen molar-refractivity contribution >= 4 is 28.8 Å². The van der Waals surface area contributed by atoms with Crippen LogP contribution in [0.4, 0.5) is 0 Å². The Balaban J connectivity index is 2.12. The number of carboxylic acids is 1. The molecule has 1 atom stereocenters. The first-order chi connectivity index (χ1) is 8.75. The lowest BCUT2D eigenvalue weighted by Crippen LogP contribution is -2.12. The number of aromatic nitrogens is 2. The van der Waals surface area contributed by atoms with Crippen LogP contribution in [-0.2, 0) is 11.3 Å². The van der Waals surface area contributed by atoms with Crippen molar-refractivity contribution in [2.45, 2.75) is 24.6 Å². The highest BCUT2D eigenvalue weighted by atomic mass is 32.2. The molecule has 0 spiro atoms. The molecule has 1 saturated heterocycles. The first kappa shape index (κ1) is 11.6. The van der Waals surface area contributed by atoms with E-state index in [2.05, 4.69) is 4.98 Å². The highest BCUT2D eigenvalue weighted by molar-refractivity contribution is 7.99. The minimum Gasteiger partial charge on any atom is -0.480 e. The topological polar surface area (TPSA) is 55.1 Å². The molecule has 0 aliphatic carbocycles. The van der Waals surface area contributed by atoms with Gasteiger partial charge >= 0.3 is 5.97 Å². The Morgan fingerprint density at radius 3 is 3.06 bits per heavy atom. The second kappa shape index (κ2) is 4.65. The maximum atomic E-state index is 11.0. The van der Waals surface area contributed by atoms with Gasteiger partial charge in [-0.25, -0.2) is 4.98 Å². The number of aliphatic carboxylic acids is 1. The Kier molecular flexibility index (Phi) is 2.99. The summed E-state index contributed by atoms with van der Waals surface area (Å²) in [5.74, 6) is 1.24. The fourth-order valence-electron chi connectivity index (χ4n) is 2.42. The molecule has 0 bridgehead atoms.